The van der Waals surface area contributed by atoms with E-state index in [1.165, 1.54) is 0 Å². The molecule has 1 aromatic rings. The smallest absolute Gasteiger partial charge is 0.237 e. The molecular formula is C15H22N2O4. The highest BCUT2D eigenvalue weighted by Crippen LogP contribution is 2.20. The summed E-state index contributed by atoms with van der Waals surface area (Å²) in [5.41, 5.74) is 6.87. The lowest BCUT2D eigenvalue weighted by molar-refractivity contribution is -0.124. The second-order valence-electron chi connectivity index (χ2n) is 5.38. The Morgan fingerprint density at radius 2 is 2.10 bits per heavy atom. The number of carbonyl (C=O) groups excluding carboxylic acids is 1. The summed E-state index contributed by atoms with van der Waals surface area (Å²) in [5.74, 6) is -0.362. The molecule has 6 nitrogen and oxygen atoms in total. The van der Waals surface area contributed by atoms with E-state index in [-0.39, 0.29) is 12.5 Å². The minimum Gasteiger partial charge on any atom is -0.394 e. The lowest BCUT2D eigenvalue weighted by atomic mass is 10.0. The maximum atomic E-state index is 12.1. The quantitative estimate of drug-likeness (QED) is 0.568. The van der Waals surface area contributed by atoms with Crippen LogP contribution in [0.5, 0.6) is 0 Å². The molecule has 0 aromatic heterocycles. The molecule has 3 unspecified atom stereocenters. The lowest BCUT2D eigenvalue weighted by Gasteiger charge is -2.22. The number of benzene rings is 1. The predicted octanol–water partition coefficient (Wildman–Crippen LogP) is -0.818. The van der Waals surface area contributed by atoms with Crippen LogP contribution in [0, 0.1) is 0 Å². The molecule has 6 heteroatoms. The summed E-state index contributed by atoms with van der Waals surface area (Å²) in [7, 11) is 0. The van der Waals surface area contributed by atoms with Crippen LogP contribution >= 0.6 is 0 Å². The molecule has 5 N–H and O–H groups in total. The standard InChI is InChI=1S/C15H22N2O4/c1-9-14(19)13(12(8-18)21-9)17-15(20)11(16)7-10-5-3-2-4-6-10/h2-6,9,11-14,18-19H,7-8,16H2,1H3,(H,17,20)/t9-,11?,12+,13?,14?/m0/s1. The number of carbonyl (C=O) groups is 1. The van der Waals surface area contributed by atoms with Crippen LogP contribution in [-0.2, 0) is 16.0 Å². The molecule has 2 rings (SSSR count). The molecule has 5 atom stereocenters. The van der Waals surface area contributed by atoms with E-state index < -0.39 is 30.4 Å². The summed E-state index contributed by atoms with van der Waals surface area (Å²) in [6.45, 7) is 1.43. The molecule has 1 aromatic carbocycles. The van der Waals surface area contributed by atoms with Crippen molar-refractivity contribution in [3.8, 4) is 0 Å². The lowest BCUT2D eigenvalue weighted by Crippen LogP contribution is -2.53. The van der Waals surface area contributed by atoms with Crippen LogP contribution in [0.4, 0.5) is 0 Å². The maximum absolute atomic E-state index is 12.1. The van der Waals surface area contributed by atoms with Gasteiger partial charge >= 0.3 is 0 Å². The molecule has 0 radical (unpaired) electrons. The summed E-state index contributed by atoms with van der Waals surface area (Å²) < 4.78 is 5.38. The fourth-order valence-corrected chi connectivity index (χ4v) is 2.52. The van der Waals surface area contributed by atoms with E-state index in [2.05, 4.69) is 5.32 Å². The molecule has 1 aliphatic rings. The van der Waals surface area contributed by atoms with Gasteiger partial charge in [-0.05, 0) is 18.9 Å². The van der Waals surface area contributed by atoms with Crippen molar-refractivity contribution < 1.29 is 19.7 Å². The van der Waals surface area contributed by atoms with Gasteiger partial charge in [0.2, 0.25) is 5.91 Å². The second-order valence-corrected chi connectivity index (χ2v) is 5.38. The van der Waals surface area contributed by atoms with Crippen molar-refractivity contribution >= 4 is 5.91 Å². The van der Waals surface area contributed by atoms with Crippen LogP contribution in [0.25, 0.3) is 0 Å². The SMILES string of the molecule is C[C@@H]1O[C@H](CO)C(NC(=O)C(N)Cc2ccccc2)C1O. The van der Waals surface area contributed by atoms with Crippen molar-refractivity contribution in [2.24, 2.45) is 5.73 Å². The number of ether oxygens (including phenoxy) is 1. The first-order valence-electron chi connectivity index (χ1n) is 7.07. The third kappa shape index (κ3) is 3.79. The van der Waals surface area contributed by atoms with E-state index in [0.29, 0.717) is 6.42 Å². The van der Waals surface area contributed by atoms with Gasteiger partial charge in [0.15, 0.2) is 0 Å². The Morgan fingerprint density at radius 3 is 2.71 bits per heavy atom. The molecule has 1 aliphatic heterocycles. The van der Waals surface area contributed by atoms with Gasteiger partial charge in [0.1, 0.15) is 12.2 Å². The van der Waals surface area contributed by atoms with Crippen molar-refractivity contribution in [3.63, 3.8) is 0 Å². The highest BCUT2D eigenvalue weighted by molar-refractivity contribution is 5.82. The van der Waals surface area contributed by atoms with Gasteiger partial charge in [-0.3, -0.25) is 4.79 Å². The molecule has 0 aliphatic carbocycles. The average Bonchev–Trinajstić information content (AvgIpc) is 2.76. The third-order valence-electron chi connectivity index (χ3n) is 3.76. The number of hydrogen-bond donors (Lipinski definition) is 4. The Kier molecular flexibility index (Phi) is 5.30. The molecular weight excluding hydrogens is 272 g/mol. The molecule has 116 valence electrons. The summed E-state index contributed by atoms with van der Waals surface area (Å²) in [6.07, 6.45) is -1.48. The van der Waals surface area contributed by atoms with Gasteiger partial charge < -0.3 is 26.0 Å². The topological polar surface area (TPSA) is 105 Å². The number of rotatable bonds is 5. The normalized spacial score (nSPS) is 30.1. The van der Waals surface area contributed by atoms with Crippen LogP contribution in [0.3, 0.4) is 0 Å². The van der Waals surface area contributed by atoms with Crippen molar-refractivity contribution in [2.75, 3.05) is 6.61 Å². The molecule has 1 heterocycles. The largest absolute Gasteiger partial charge is 0.394 e. The van der Waals surface area contributed by atoms with Gasteiger partial charge in [-0.1, -0.05) is 30.3 Å². The van der Waals surface area contributed by atoms with Crippen molar-refractivity contribution in [3.05, 3.63) is 35.9 Å². The van der Waals surface area contributed by atoms with Crippen LogP contribution in [0.1, 0.15) is 12.5 Å². The van der Waals surface area contributed by atoms with E-state index in [9.17, 15) is 15.0 Å². The summed E-state index contributed by atoms with van der Waals surface area (Å²) in [6, 6.07) is 8.12. The molecule has 21 heavy (non-hydrogen) atoms. The van der Waals surface area contributed by atoms with Gasteiger partial charge in [-0.25, -0.2) is 0 Å². The number of aliphatic hydroxyl groups is 2. The third-order valence-corrected chi connectivity index (χ3v) is 3.76. The predicted molar refractivity (Wildman–Crippen MR) is 77.5 cm³/mol. The monoisotopic (exact) mass is 294 g/mol. The Labute approximate surface area is 123 Å². The zero-order valence-corrected chi connectivity index (χ0v) is 12.0. The minimum atomic E-state index is -0.852. The van der Waals surface area contributed by atoms with Crippen molar-refractivity contribution in [1.29, 1.82) is 0 Å². The molecule has 0 spiro atoms. The molecule has 0 bridgehead atoms. The van der Waals surface area contributed by atoms with E-state index in [0.717, 1.165) is 5.56 Å². The van der Waals surface area contributed by atoms with Crippen molar-refractivity contribution in [2.45, 2.75) is 43.7 Å². The number of amides is 1. The summed E-state index contributed by atoms with van der Waals surface area (Å²) in [5, 5.41) is 21.9. The van der Waals surface area contributed by atoms with Gasteiger partial charge in [-0.2, -0.15) is 0 Å². The molecule has 0 saturated carbocycles. The molecule has 1 fully saturated rings. The highest BCUT2D eigenvalue weighted by atomic mass is 16.5. The molecule has 1 amide bonds. The minimum absolute atomic E-state index is 0.264. The number of nitrogens with one attached hydrogen (secondary N) is 1. The molecule has 1 saturated heterocycles. The number of aliphatic hydroxyl groups excluding tert-OH is 2. The highest BCUT2D eigenvalue weighted by Gasteiger charge is 2.42. The zero-order chi connectivity index (χ0) is 15.4. The van der Waals surface area contributed by atoms with E-state index in [4.69, 9.17) is 10.5 Å². The van der Waals surface area contributed by atoms with Gasteiger partial charge in [0, 0.05) is 0 Å². The fourth-order valence-electron chi connectivity index (χ4n) is 2.52. The van der Waals surface area contributed by atoms with Gasteiger partial charge in [0.05, 0.1) is 24.8 Å². The number of hydrogen-bond acceptors (Lipinski definition) is 5. The zero-order valence-electron chi connectivity index (χ0n) is 12.0. The summed E-state index contributed by atoms with van der Waals surface area (Å²) in [4.78, 5) is 12.1. The number of nitrogens with two attached hydrogens (primary N) is 1. The van der Waals surface area contributed by atoms with Crippen molar-refractivity contribution in [1.82, 2.24) is 5.32 Å². The Bertz CT molecular complexity index is 468. The Morgan fingerprint density at radius 1 is 1.43 bits per heavy atom. The van der Waals surface area contributed by atoms with Crippen LogP contribution in [0.2, 0.25) is 0 Å². The first kappa shape index (κ1) is 15.9. The van der Waals surface area contributed by atoms with E-state index in [1.54, 1.807) is 6.92 Å². The van der Waals surface area contributed by atoms with Crippen LogP contribution in [0.15, 0.2) is 30.3 Å². The van der Waals surface area contributed by atoms with E-state index in [1.807, 2.05) is 30.3 Å². The maximum Gasteiger partial charge on any atom is 0.237 e. The van der Waals surface area contributed by atoms with Crippen LogP contribution in [-0.4, -0.2) is 53.1 Å². The average molecular weight is 294 g/mol. The van der Waals surface area contributed by atoms with Gasteiger partial charge in [-0.15, -0.1) is 0 Å². The van der Waals surface area contributed by atoms with E-state index >= 15 is 0 Å². The van der Waals surface area contributed by atoms with Gasteiger partial charge in [0.25, 0.3) is 0 Å². The second kappa shape index (κ2) is 7.00. The fraction of sp³-hybridized carbons (Fsp3) is 0.533. The summed E-state index contributed by atoms with van der Waals surface area (Å²) >= 11 is 0. The van der Waals surface area contributed by atoms with Crippen LogP contribution < -0.4 is 11.1 Å². The first-order chi connectivity index (χ1) is 10.0. The first-order valence-corrected chi connectivity index (χ1v) is 7.07. The Hall–Kier alpha value is -1.47. The Balaban J connectivity index is 1.94.